The van der Waals surface area contributed by atoms with Crippen molar-refractivity contribution in [2.75, 3.05) is 52.6 Å². The molecular weight excluding hydrogens is 396 g/mol. The van der Waals surface area contributed by atoms with Crippen LogP contribution < -0.4 is 0 Å². The van der Waals surface area contributed by atoms with Gasteiger partial charge in [-0.05, 0) is 25.7 Å². The predicted molar refractivity (Wildman–Crippen MR) is 108 cm³/mol. The molecule has 0 aliphatic heterocycles. The molecule has 0 rings (SSSR count). The molecule has 0 atom stereocenters. The Morgan fingerprint density at radius 1 is 0.467 bits per heavy atom. The van der Waals surface area contributed by atoms with E-state index in [0.29, 0.717) is 78.3 Å². The molecule has 0 bridgehead atoms. The molecule has 0 spiro atoms. The molecule has 0 saturated carbocycles. The lowest BCUT2D eigenvalue weighted by Crippen LogP contribution is -2.46. The zero-order valence-corrected chi connectivity index (χ0v) is 18.6. The third-order valence-corrected chi connectivity index (χ3v) is 3.86. The van der Waals surface area contributed by atoms with Crippen molar-refractivity contribution in [3.05, 3.63) is 0 Å². The van der Waals surface area contributed by atoms with Crippen LogP contribution in [-0.4, -0.2) is 86.5 Å². The smallest absolute Gasteiger partial charge is 0.302 e. The molecule has 174 valence electrons. The Morgan fingerprint density at radius 3 is 0.833 bits per heavy atom. The summed E-state index contributed by atoms with van der Waals surface area (Å²) in [6, 6.07) is 0. The van der Waals surface area contributed by atoms with Crippen molar-refractivity contribution in [2.24, 2.45) is 0 Å². The van der Waals surface area contributed by atoms with Crippen LogP contribution in [0.25, 0.3) is 0 Å². The molecule has 10 nitrogen and oxygen atoms in total. The highest BCUT2D eigenvalue weighted by Gasteiger charge is 2.16. The van der Waals surface area contributed by atoms with Gasteiger partial charge in [0.1, 0.15) is 0 Å². The van der Waals surface area contributed by atoms with E-state index in [-0.39, 0.29) is 23.9 Å². The van der Waals surface area contributed by atoms with Gasteiger partial charge in [-0.1, -0.05) is 0 Å². The van der Waals surface area contributed by atoms with Gasteiger partial charge in [0, 0.05) is 53.9 Å². The minimum atomic E-state index is -0.323. The molecule has 0 aromatic rings. The summed E-state index contributed by atoms with van der Waals surface area (Å²) in [5.41, 5.74) is 0. The normalized spacial score (nSPS) is 10.7. The zero-order chi connectivity index (χ0) is 22.8. The maximum absolute atomic E-state index is 11.0. The maximum Gasteiger partial charge on any atom is 0.302 e. The number of carbonyl (C=O) groups is 4. The molecule has 0 radical (unpaired) electrons. The zero-order valence-electron chi connectivity index (χ0n) is 18.6. The number of rotatable bonds is 17. The molecule has 0 amide bonds. The Labute approximate surface area is 178 Å². The molecule has 0 N–H and O–H groups in total. The van der Waals surface area contributed by atoms with Gasteiger partial charge in [-0.15, -0.1) is 0 Å². The molecule has 0 aliphatic carbocycles. The van der Waals surface area contributed by atoms with Crippen LogP contribution in [-0.2, 0) is 38.1 Å². The second kappa shape index (κ2) is 17.6. The third-order valence-electron chi connectivity index (χ3n) is 3.86. The van der Waals surface area contributed by atoms with Gasteiger partial charge in [-0.25, -0.2) is 10.0 Å². The maximum atomic E-state index is 11.0. The van der Waals surface area contributed by atoms with E-state index in [2.05, 4.69) is 10.0 Å². The number of hydrogen-bond donors (Lipinski definition) is 0. The lowest BCUT2D eigenvalue weighted by molar-refractivity contribution is -0.144. The van der Waals surface area contributed by atoms with Crippen molar-refractivity contribution < 1.29 is 38.1 Å². The standard InChI is InChI=1S/C20H36N2O8/c1-17(23)27-13-5-9-21(10-6-14-28-18(2)24)22(11-7-15-29-19(3)25)12-8-16-30-20(4)26/h5-16H2,1-4H3. The second-order valence-electron chi connectivity index (χ2n) is 6.68. The van der Waals surface area contributed by atoms with Crippen LogP contribution >= 0.6 is 0 Å². The summed E-state index contributed by atoms with van der Waals surface area (Å²) in [5.74, 6) is -1.29. The molecule has 0 saturated heterocycles. The summed E-state index contributed by atoms with van der Waals surface area (Å²) in [6.07, 6.45) is 2.55. The monoisotopic (exact) mass is 432 g/mol. The molecular formula is C20H36N2O8. The summed E-state index contributed by atoms with van der Waals surface area (Å²) < 4.78 is 20.0. The van der Waals surface area contributed by atoms with Gasteiger partial charge in [-0.3, -0.25) is 19.2 Å². The van der Waals surface area contributed by atoms with Crippen LogP contribution in [0.5, 0.6) is 0 Å². The largest absolute Gasteiger partial charge is 0.466 e. The Hall–Kier alpha value is -2.20. The highest BCUT2D eigenvalue weighted by Crippen LogP contribution is 2.06. The third kappa shape index (κ3) is 17.9. The Bertz CT molecular complexity index is 437. The summed E-state index contributed by atoms with van der Waals surface area (Å²) in [4.78, 5) is 43.9. The number of ether oxygens (including phenoxy) is 4. The van der Waals surface area contributed by atoms with Gasteiger partial charge < -0.3 is 18.9 Å². The topological polar surface area (TPSA) is 112 Å². The fourth-order valence-corrected chi connectivity index (χ4v) is 2.64. The van der Waals surface area contributed by atoms with Crippen molar-refractivity contribution in [2.45, 2.75) is 53.4 Å². The van der Waals surface area contributed by atoms with Gasteiger partial charge in [-0.2, -0.15) is 0 Å². The van der Waals surface area contributed by atoms with E-state index < -0.39 is 0 Å². The Kier molecular flexibility index (Phi) is 16.3. The van der Waals surface area contributed by atoms with E-state index >= 15 is 0 Å². The van der Waals surface area contributed by atoms with Crippen LogP contribution in [0.2, 0.25) is 0 Å². The molecule has 0 unspecified atom stereocenters. The van der Waals surface area contributed by atoms with Crippen molar-refractivity contribution in [1.29, 1.82) is 0 Å². The van der Waals surface area contributed by atoms with Crippen LogP contribution in [0.4, 0.5) is 0 Å². The molecule has 0 aromatic heterocycles. The number of hydrazine groups is 1. The van der Waals surface area contributed by atoms with Crippen LogP contribution in [0, 0.1) is 0 Å². The van der Waals surface area contributed by atoms with Crippen molar-refractivity contribution in [1.82, 2.24) is 10.0 Å². The molecule has 0 aliphatic rings. The Balaban J connectivity index is 4.83. The highest BCUT2D eigenvalue weighted by atomic mass is 16.5. The molecule has 30 heavy (non-hydrogen) atoms. The average molecular weight is 433 g/mol. The van der Waals surface area contributed by atoms with E-state index in [9.17, 15) is 19.2 Å². The van der Waals surface area contributed by atoms with Gasteiger partial charge in [0.2, 0.25) is 0 Å². The first-order valence-electron chi connectivity index (χ1n) is 10.3. The second-order valence-corrected chi connectivity index (χ2v) is 6.68. The highest BCUT2D eigenvalue weighted by molar-refractivity contribution is 5.66. The van der Waals surface area contributed by atoms with Crippen molar-refractivity contribution >= 4 is 23.9 Å². The van der Waals surface area contributed by atoms with E-state index in [4.69, 9.17) is 18.9 Å². The van der Waals surface area contributed by atoms with E-state index in [1.165, 1.54) is 27.7 Å². The van der Waals surface area contributed by atoms with Crippen LogP contribution in [0.3, 0.4) is 0 Å². The minimum Gasteiger partial charge on any atom is -0.466 e. The summed E-state index contributed by atoms with van der Waals surface area (Å²) in [6.45, 7) is 9.25. The number of nitrogens with zero attached hydrogens (tertiary/aromatic N) is 2. The number of carbonyl (C=O) groups excluding carboxylic acids is 4. The van der Waals surface area contributed by atoms with Gasteiger partial charge in [0.25, 0.3) is 0 Å². The quantitative estimate of drug-likeness (QED) is 0.144. The molecule has 0 fully saturated rings. The summed E-state index contributed by atoms with van der Waals surface area (Å²) >= 11 is 0. The first-order valence-corrected chi connectivity index (χ1v) is 10.3. The van der Waals surface area contributed by atoms with Crippen LogP contribution in [0.15, 0.2) is 0 Å². The lowest BCUT2D eigenvalue weighted by atomic mass is 10.3. The fraction of sp³-hybridized carbons (Fsp3) is 0.800. The summed E-state index contributed by atoms with van der Waals surface area (Å²) in [7, 11) is 0. The van der Waals surface area contributed by atoms with Gasteiger partial charge in [0.15, 0.2) is 0 Å². The van der Waals surface area contributed by atoms with E-state index in [1.807, 2.05) is 0 Å². The van der Waals surface area contributed by atoms with E-state index in [1.54, 1.807) is 0 Å². The van der Waals surface area contributed by atoms with Crippen molar-refractivity contribution in [3.8, 4) is 0 Å². The molecule has 0 heterocycles. The number of esters is 4. The molecule has 0 aromatic carbocycles. The first-order chi connectivity index (χ1) is 14.2. The van der Waals surface area contributed by atoms with Gasteiger partial charge >= 0.3 is 23.9 Å². The summed E-state index contributed by atoms with van der Waals surface area (Å²) in [5, 5.41) is 4.21. The van der Waals surface area contributed by atoms with Gasteiger partial charge in [0.05, 0.1) is 26.4 Å². The minimum absolute atomic E-state index is 0.310. The predicted octanol–water partition coefficient (Wildman–Crippen LogP) is 1.32. The lowest BCUT2D eigenvalue weighted by Gasteiger charge is -2.35. The Morgan fingerprint density at radius 2 is 0.667 bits per heavy atom. The number of hydrogen-bond acceptors (Lipinski definition) is 10. The average Bonchev–Trinajstić information content (AvgIpc) is 2.64. The van der Waals surface area contributed by atoms with Crippen molar-refractivity contribution in [3.63, 3.8) is 0 Å². The molecule has 10 heteroatoms. The first kappa shape index (κ1) is 27.8. The SMILES string of the molecule is CC(=O)OCCCN(CCCOC(C)=O)N(CCCOC(C)=O)CCCOC(C)=O. The van der Waals surface area contributed by atoms with E-state index in [0.717, 1.165) is 0 Å². The van der Waals surface area contributed by atoms with Crippen LogP contribution in [0.1, 0.15) is 53.4 Å². The fourth-order valence-electron chi connectivity index (χ4n) is 2.64.